The predicted octanol–water partition coefficient (Wildman–Crippen LogP) is -3.08. The molecule has 0 aliphatic rings. The topological polar surface area (TPSA) is 81.0 Å². The summed E-state index contributed by atoms with van der Waals surface area (Å²) in [5.41, 5.74) is 4.37. The van der Waals surface area contributed by atoms with Crippen molar-refractivity contribution in [2.24, 2.45) is 5.73 Å². The van der Waals surface area contributed by atoms with Crippen LogP contribution in [-0.2, 0) is 0 Å². The third kappa shape index (κ3) is 10.7. The van der Waals surface area contributed by atoms with E-state index < -0.39 is 6.03 Å². The zero-order chi connectivity index (χ0) is 4.99. The van der Waals surface area contributed by atoms with Gasteiger partial charge in [-0.1, -0.05) is 0 Å². The Hall–Kier alpha value is -0.240. The van der Waals surface area contributed by atoms with E-state index in [2.05, 4.69) is 11.1 Å². The molecule has 2 N–H and O–H groups in total. The minimum Gasteiger partial charge on any atom is -0.422 e. The van der Waals surface area contributed by atoms with E-state index in [4.69, 9.17) is 5.26 Å². The standard InChI is InChI=1S/C2H3N3O.Na/c3-1-5-2(4)6;/h(H3,4,5,6);/q;+1/p-1. The normalized spacial score (nSPS) is 5.00. The van der Waals surface area contributed by atoms with Gasteiger partial charge in [-0.15, -0.1) is 0 Å². The molecule has 0 heterocycles. The maximum Gasteiger partial charge on any atom is 1.00 e. The SMILES string of the molecule is N#C[N-]C(N)=O.[Na+]. The number of nitrogens with two attached hydrogens (primary N) is 1. The zero-order valence-electron chi connectivity index (χ0n) is 3.88. The van der Waals surface area contributed by atoms with Crippen molar-refractivity contribution in [3.63, 3.8) is 0 Å². The Morgan fingerprint density at radius 2 is 2.29 bits per heavy atom. The van der Waals surface area contributed by atoms with Crippen LogP contribution in [0.4, 0.5) is 4.79 Å². The van der Waals surface area contributed by atoms with Crippen molar-refractivity contribution in [2.75, 3.05) is 0 Å². The number of nitriles is 1. The first-order chi connectivity index (χ1) is 2.77. The molecule has 0 aliphatic heterocycles. The minimum atomic E-state index is -0.947. The molecule has 0 fully saturated rings. The minimum absolute atomic E-state index is 0. The fraction of sp³-hybridized carbons (Fsp3) is 0. The Kier molecular flexibility index (Phi) is 8.15. The molecule has 0 radical (unpaired) electrons. The van der Waals surface area contributed by atoms with Crippen LogP contribution in [0.5, 0.6) is 0 Å². The van der Waals surface area contributed by atoms with Crippen molar-refractivity contribution in [3.05, 3.63) is 5.32 Å². The number of primary amides is 1. The van der Waals surface area contributed by atoms with Crippen LogP contribution in [0.3, 0.4) is 0 Å². The van der Waals surface area contributed by atoms with E-state index in [9.17, 15) is 4.79 Å². The van der Waals surface area contributed by atoms with Gasteiger partial charge in [0.15, 0.2) is 0 Å². The molecule has 0 bridgehead atoms. The largest absolute Gasteiger partial charge is 1.00 e. The molecular formula is C2H2N3NaO. The second-order valence-electron chi connectivity index (χ2n) is 0.550. The smallest absolute Gasteiger partial charge is 0.422 e. The van der Waals surface area contributed by atoms with Crippen LogP contribution in [0.1, 0.15) is 0 Å². The molecule has 32 valence electrons. The first kappa shape index (κ1) is 9.90. The van der Waals surface area contributed by atoms with E-state index in [1.54, 1.807) is 0 Å². The molecule has 0 unspecified atom stereocenters. The molecule has 4 nitrogen and oxygen atoms in total. The number of nitrogens with zero attached hydrogens (tertiary/aromatic N) is 2. The summed E-state index contributed by atoms with van der Waals surface area (Å²) >= 11 is 0. The maximum atomic E-state index is 9.43. The van der Waals surface area contributed by atoms with Crippen molar-refractivity contribution >= 4 is 6.03 Å². The molecule has 0 saturated heterocycles. The van der Waals surface area contributed by atoms with Crippen LogP contribution >= 0.6 is 0 Å². The molecule has 0 rings (SSSR count). The van der Waals surface area contributed by atoms with Crippen molar-refractivity contribution < 1.29 is 34.4 Å². The maximum absolute atomic E-state index is 9.43. The first-order valence-corrected chi connectivity index (χ1v) is 1.16. The van der Waals surface area contributed by atoms with E-state index in [-0.39, 0.29) is 29.6 Å². The Balaban J connectivity index is 0. The van der Waals surface area contributed by atoms with E-state index in [0.29, 0.717) is 0 Å². The molecule has 5 heteroatoms. The summed E-state index contributed by atoms with van der Waals surface area (Å²) in [6.45, 7) is 0. The van der Waals surface area contributed by atoms with E-state index in [1.165, 1.54) is 6.19 Å². The molecule has 0 aromatic rings. The summed E-state index contributed by atoms with van der Waals surface area (Å²) in [5, 5.41) is 10.1. The number of carbonyl (C=O) groups is 1. The Bertz CT molecular complexity index is 95.6. The number of hydrogen-bond donors (Lipinski definition) is 1. The van der Waals surface area contributed by atoms with Crippen LogP contribution in [0.2, 0.25) is 0 Å². The fourth-order valence-corrected chi connectivity index (χ4v) is 0.0493. The predicted molar refractivity (Wildman–Crippen MR) is 18.6 cm³/mol. The van der Waals surface area contributed by atoms with Gasteiger partial charge in [0.2, 0.25) is 6.03 Å². The average molecular weight is 107 g/mol. The molecule has 0 atom stereocenters. The van der Waals surface area contributed by atoms with Crippen LogP contribution in [-0.4, -0.2) is 6.03 Å². The van der Waals surface area contributed by atoms with Gasteiger partial charge in [0.05, 0.1) is 0 Å². The third-order valence-corrected chi connectivity index (χ3v) is 0.160. The van der Waals surface area contributed by atoms with Gasteiger partial charge in [-0.25, -0.2) is 0 Å². The van der Waals surface area contributed by atoms with Crippen molar-refractivity contribution in [1.82, 2.24) is 0 Å². The van der Waals surface area contributed by atoms with Gasteiger partial charge in [0.1, 0.15) is 0 Å². The Morgan fingerprint density at radius 3 is 2.29 bits per heavy atom. The summed E-state index contributed by atoms with van der Waals surface area (Å²) in [7, 11) is 0. The summed E-state index contributed by atoms with van der Waals surface area (Å²) < 4.78 is 0. The number of urea groups is 1. The molecule has 0 aliphatic carbocycles. The summed E-state index contributed by atoms with van der Waals surface area (Å²) in [6.07, 6.45) is 1.22. The number of carbonyl (C=O) groups excluding carboxylic acids is 1. The van der Waals surface area contributed by atoms with Crippen LogP contribution in [0, 0.1) is 11.5 Å². The van der Waals surface area contributed by atoms with Crippen molar-refractivity contribution in [2.45, 2.75) is 0 Å². The van der Waals surface area contributed by atoms with Crippen LogP contribution in [0.15, 0.2) is 0 Å². The Morgan fingerprint density at radius 1 is 1.86 bits per heavy atom. The molecule has 0 spiro atoms. The van der Waals surface area contributed by atoms with Gasteiger partial charge in [-0.2, -0.15) is 0 Å². The quantitative estimate of drug-likeness (QED) is 0.263. The second-order valence-corrected chi connectivity index (χ2v) is 0.550. The van der Waals surface area contributed by atoms with Gasteiger partial charge < -0.3 is 11.0 Å². The molecule has 0 aromatic heterocycles. The van der Waals surface area contributed by atoms with Gasteiger partial charge >= 0.3 is 29.6 Å². The molecular weight excluding hydrogens is 105 g/mol. The van der Waals surface area contributed by atoms with Crippen molar-refractivity contribution in [3.8, 4) is 6.19 Å². The van der Waals surface area contributed by atoms with Crippen LogP contribution < -0.4 is 35.3 Å². The van der Waals surface area contributed by atoms with Gasteiger partial charge in [0, 0.05) is 6.19 Å². The van der Waals surface area contributed by atoms with E-state index in [1.807, 2.05) is 0 Å². The number of hydrogen-bond acceptors (Lipinski definition) is 2. The first-order valence-electron chi connectivity index (χ1n) is 1.16. The number of amides is 2. The average Bonchev–Trinajstić information content (AvgIpc) is 1.35. The molecule has 0 saturated carbocycles. The summed E-state index contributed by atoms with van der Waals surface area (Å²) in [6, 6.07) is -0.947. The van der Waals surface area contributed by atoms with Gasteiger partial charge in [-0.05, 0) is 0 Å². The van der Waals surface area contributed by atoms with E-state index in [0.717, 1.165) is 0 Å². The summed E-state index contributed by atoms with van der Waals surface area (Å²) in [5.74, 6) is 0. The van der Waals surface area contributed by atoms with Crippen molar-refractivity contribution in [1.29, 1.82) is 5.26 Å². The van der Waals surface area contributed by atoms with Crippen LogP contribution in [0.25, 0.3) is 5.32 Å². The third-order valence-electron chi connectivity index (χ3n) is 0.160. The molecule has 7 heavy (non-hydrogen) atoms. The van der Waals surface area contributed by atoms with Gasteiger partial charge in [0.25, 0.3) is 0 Å². The van der Waals surface area contributed by atoms with Gasteiger partial charge in [-0.3, -0.25) is 10.1 Å². The fourth-order valence-electron chi connectivity index (χ4n) is 0.0493. The Labute approximate surface area is 63.0 Å². The monoisotopic (exact) mass is 107 g/mol. The zero-order valence-corrected chi connectivity index (χ0v) is 5.88. The molecule has 0 aromatic carbocycles. The molecule has 2 amide bonds. The summed E-state index contributed by atoms with van der Waals surface area (Å²) in [4.78, 5) is 9.43. The number of rotatable bonds is 0. The second kappa shape index (κ2) is 5.76. The van der Waals surface area contributed by atoms with E-state index >= 15 is 0 Å².